The van der Waals surface area contributed by atoms with Gasteiger partial charge in [0.15, 0.2) is 11.3 Å². The number of carbonyl (C=O) groups is 2. The summed E-state index contributed by atoms with van der Waals surface area (Å²) in [5.74, 6) is -0.265. The number of aromatic nitrogens is 2. The van der Waals surface area contributed by atoms with Crippen LogP contribution < -0.4 is 5.56 Å². The molecule has 0 fully saturated rings. The molecule has 0 radical (unpaired) electrons. The van der Waals surface area contributed by atoms with Gasteiger partial charge in [0, 0.05) is 30.0 Å². The summed E-state index contributed by atoms with van der Waals surface area (Å²) in [5, 5.41) is 0. The lowest BCUT2D eigenvalue weighted by Gasteiger charge is -2.14. The number of aryl methyl sites for hydroxylation is 2. The number of carbonyl (C=O) groups excluding carboxylic acids is 2. The minimum atomic E-state index is -0.817. The van der Waals surface area contributed by atoms with Crippen LogP contribution in [0.3, 0.4) is 0 Å². The van der Waals surface area contributed by atoms with E-state index in [1.165, 1.54) is 6.08 Å². The SMILES string of the molecule is Cc1ccc(-c2nc(-c3ccccc3)[nH]c(=O)c2C(=O)OC2=CC(=O)CCC2)cc1C. The van der Waals surface area contributed by atoms with Gasteiger partial charge in [0.2, 0.25) is 0 Å². The quantitative estimate of drug-likeness (QED) is 0.634. The highest BCUT2D eigenvalue weighted by molar-refractivity contribution is 5.97. The van der Waals surface area contributed by atoms with Crippen LogP contribution in [0.4, 0.5) is 0 Å². The Labute approximate surface area is 179 Å². The van der Waals surface area contributed by atoms with Crippen molar-refractivity contribution >= 4 is 11.8 Å². The van der Waals surface area contributed by atoms with Crippen LogP contribution in [-0.2, 0) is 9.53 Å². The van der Waals surface area contributed by atoms with E-state index in [1.54, 1.807) is 0 Å². The van der Waals surface area contributed by atoms with E-state index in [0.717, 1.165) is 16.7 Å². The number of hydrogen-bond donors (Lipinski definition) is 1. The molecule has 0 saturated carbocycles. The zero-order valence-electron chi connectivity index (χ0n) is 17.4. The van der Waals surface area contributed by atoms with Gasteiger partial charge < -0.3 is 9.72 Å². The molecule has 31 heavy (non-hydrogen) atoms. The molecule has 0 saturated heterocycles. The van der Waals surface area contributed by atoms with Crippen LogP contribution in [0.1, 0.15) is 40.7 Å². The largest absolute Gasteiger partial charge is 0.427 e. The molecule has 1 N–H and O–H groups in total. The highest BCUT2D eigenvalue weighted by Gasteiger charge is 2.24. The van der Waals surface area contributed by atoms with Crippen molar-refractivity contribution in [3.05, 3.63) is 87.4 Å². The number of aromatic amines is 1. The predicted octanol–water partition coefficient (Wildman–Crippen LogP) is 4.51. The number of ether oxygens (including phenoxy) is 1. The number of ketones is 1. The van der Waals surface area contributed by atoms with Crippen LogP contribution in [-0.4, -0.2) is 21.7 Å². The fraction of sp³-hybridized carbons (Fsp3) is 0.200. The third-order valence-electron chi connectivity index (χ3n) is 5.34. The smallest absolute Gasteiger partial charge is 0.351 e. The first kappa shape index (κ1) is 20.5. The fourth-order valence-corrected chi connectivity index (χ4v) is 3.50. The van der Waals surface area contributed by atoms with Crippen LogP contribution >= 0.6 is 0 Å². The third-order valence-corrected chi connectivity index (χ3v) is 5.34. The average molecular weight is 414 g/mol. The minimum absolute atomic E-state index is 0.0881. The Balaban J connectivity index is 1.85. The summed E-state index contributed by atoms with van der Waals surface area (Å²) in [4.78, 5) is 45.0. The van der Waals surface area contributed by atoms with E-state index in [2.05, 4.69) is 9.97 Å². The molecule has 0 atom stereocenters. The van der Waals surface area contributed by atoms with Gasteiger partial charge >= 0.3 is 5.97 Å². The molecule has 2 aromatic carbocycles. The molecule has 1 heterocycles. The van der Waals surface area contributed by atoms with Gasteiger partial charge in [-0.25, -0.2) is 9.78 Å². The zero-order valence-corrected chi connectivity index (χ0v) is 17.4. The lowest BCUT2D eigenvalue weighted by atomic mass is 10.0. The number of esters is 1. The maximum absolute atomic E-state index is 13.0. The lowest BCUT2D eigenvalue weighted by Crippen LogP contribution is -2.23. The Morgan fingerprint density at radius 2 is 1.74 bits per heavy atom. The molecular formula is C25H22N2O4. The molecule has 1 aliphatic carbocycles. The van der Waals surface area contributed by atoms with Gasteiger partial charge in [0.25, 0.3) is 5.56 Å². The summed E-state index contributed by atoms with van der Waals surface area (Å²) >= 11 is 0. The van der Waals surface area contributed by atoms with Crippen molar-refractivity contribution in [1.82, 2.24) is 9.97 Å². The van der Waals surface area contributed by atoms with E-state index >= 15 is 0 Å². The molecule has 0 spiro atoms. The first-order chi connectivity index (χ1) is 14.9. The topological polar surface area (TPSA) is 89.1 Å². The molecule has 1 aliphatic rings. The Morgan fingerprint density at radius 1 is 0.968 bits per heavy atom. The van der Waals surface area contributed by atoms with Crippen molar-refractivity contribution < 1.29 is 14.3 Å². The number of H-pyrrole nitrogens is 1. The van der Waals surface area contributed by atoms with E-state index in [4.69, 9.17) is 4.74 Å². The van der Waals surface area contributed by atoms with Gasteiger partial charge in [-0.3, -0.25) is 9.59 Å². The maximum atomic E-state index is 13.0. The van der Waals surface area contributed by atoms with E-state index < -0.39 is 11.5 Å². The third kappa shape index (κ3) is 4.38. The molecule has 0 bridgehead atoms. The van der Waals surface area contributed by atoms with Gasteiger partial charge in [0.05, 0.1) is 5.69 Å². The zero-order chi connectivity index (χ0) is 22.0. The number of nitrogens with zero attached hydrogens (tertiary/aromatic N) is 1. The number of nitrogens with one attached hydrogen (secondary N) is 1. The summed E-state index contributed by atoms with van der Waals surface area (Å²) in [6.45, 7) is 3.95. The van der Waals surface area contributed by atoms with Gasteiger partial charge in [-0.1, -0.05) is 42.5 Å². The Hall–Kier alpha value is -3.80. The fourth-order valence-electron chi connectivity index (χ4n) is 3.50. The highest BCUT2D eigenvalue weighted by Crippen LogP contribution is 2.26. The van der Waals surface area contributed by atoms with Crippen molar-refractivity contribution in [2.45, 2.75) is 33.1 Å². The summed E-state index contributed by atoms with van der Waals surface area (Å²) in [6, 6.07) is 14.9. The number of allylic oxidation sites excluding steroid dienone is 2. The second kappa shape index (κ2) is 8.52. The lowest BCUT2D eigenvalue weighted by molar-refractivity contribution is -0.115. The van der Waals surface area contributed by atoms with Crippen LogP contribution in [0.5, 0.6) is 0 Å². The number of rotatable bonds is 4. The van der Waals surface area contributed by atoms with Gasteiger partial charge in [-0.2, -0.15) is 0 Å². The van der Waals surface area contributed by atoms with Gasteiger partial charge in [-0.05, 0) is 37.5 Å². The normalized spacial score (nSPS) is 13.6. The summed E-state index contributed by atoms with van der Waals surface area (Å²) in [6.07, 6.45) is 2.85. The van der Waals surface area contributed by atoms with Gasteiger partial charge in [0.1, 0.15) is 11.6 Å². The monoisotopic (exact) mass is 414 g/mol. The van der Waals surface area contributed by atoms with Crippen LogP contribution in [0.2, 0.25) is 0 Å². The number of benzene rings is 2. The second-order valence-corrected chi connectivity index (χ2v) is 7.62. The molecule has 4 rings (SSSR count). The van der Waals surface area contributed by atoms with Crippen molar-refractivity contribution in [2.75, 3.05) is 0 Å². The van der Waals surface area contributed by atoms with Crippen molar-refractivity contribution in [3.63, 3.8) is 0 Å². The number of hydrogen-bond acceptors (Lipinski definition) is 5. The van der Waals surface area contributed by atoms with Crippen molar-refractivity contribution in [1.29, 1.82) is 0 Å². The maximum Gasteiger partial charge on any atom is 0.351 e. The van der Waals surface area contributed by atoms with Crippen LogP contribution in [0, 0.1) is 13.8 Å². The average Bonchev–Trinajstić information content (AvgIpc) is 2.75. The second-order valence-electron chi connectivity index (χ2n) is 7.62. The summed E-state index contributed by atoms with van der Waals surface area (Å²) in [7, 11) is 0. The Kier molecular flexibility index (Phi) is 5.62. The standard InChI is InChI=1S/C25H22N2O4/c1-15-11-12-18(13-16(15)2)22-21(25(30)31-20-10-6-9-19(28)14-20)24(29)27-23(26-22)17-7-4-3-5-8-17/h3-5,7-8,11-14H,6,9-10H2,1-2H3,(H,26,27,29). The molecule has 1 aromatic heterocycles. The molecule has 3 aromatic rings. The summed E-state index contributed by atoms with van der Waals surface area (Å²) < 4.78 is 5.43. The van der Waals surface area contributed by atoms with E-state index in [9.17, 15) is 14.4 Å². The highest BCUT2D eigenvalue weighted by atomic mass is 16.5. The molecule has 0 amide bonds. The van der Waals surface area contributed by atoms with E-state index in [0.29, 0.717) is 30.7 Å². The minimum Gasteiger partial charge on any atom is -0.427 e. The van der Waals surface area contributed by atoms with E-state index in [1.807, 2.05) is 62.4 Å². The van der Waals surface area contributed by atoms with Crippen LogP contribution in [0.15, 0.2) is 65.2 Å². The molecule has 0 aliphatic heterocycles. The summed E-state index contributed by atoms with van der Waals surface area (Å²) in [5.41, 5.74) is 2.96. The molecule has 6 nitrogen and oxygen atoms in total. The predicted molar refractivity (Wildman–Crippen MR) is 118 cm³/mol. The molecular weight excluding hydrogens is 392 g/mol. The first-order valence-electron chi connectivity index (χ1n) is 10.2. The van der Waals surface area contributed by atoms with E-state index in [-0.39, 0.29) is 22.8 Å². The van der Waals surface area contributed by atoms with Gasteiger partial charge in [-0.15, -0.1) is 0 Å². The molecule has 0 unspecified atom stereocenters. The molecule has 156 valence electrons. The van der Waals surface area contributed by atoms with Crippen LogP contribution in [0.25, 0.3) is 22.6 Å². The Bertz CT molecular complexity index is 1260. The van der Waals surface area contributed by atoms with Crippen molar-refractivity contribution in [2.24, 2.45) is 0 Å². The first-order valence-corrected chi connectivity index (χ1v) is 10.2. The Morgan fingerprint density at radius 3 is 2.45 bits per heavy atom. The van der Waals surface area contributed by atoms with Crippen molar-refractivity contribution in [3.8, 4) is 22.6 Å². The molecule has 6 heteroatoms.